The van der Waals surface area contributed by atoms with E-state index in [0.29, 0.717) is 0 Å². The fourth-order valence-corrected chi connectivity index (χ4v) is 5.42. The van der Waals surface area contributed by atoms with Gasteiger partial charge in [-0.1, -0.05) is 96.9 Å². The highest BCUT2D eigenvalue weighted by Gasteiger charge is 2.34. The van der Waals surface area contributed by atoms with Crippen LogP contribution in [0.2, 0.25) is 0 Å². The van der Waals surface area contributed by atoms with Gasteiger partial charge in [-0.25, -0.2) is 4.70 Å². The van der Waals surface area contributed by atoms with Crippen LogP contribution in [0.5, 0.6) is 0 Å². The summed E-state index contributed by atoms with van der Waals surface area (Å²) in [5, 5.41) is 0. The maximum absolute atomic E-state index is 11.6. The second-order valence-corrected chi connectivity index (χ2v) is 10.4. The van der Waals surface area contributed by atoms with Gasteiger partial charge in [0, 0.05) is 22.3 Å². The highest BCUT2D eigenvalue weighted by Crippen LogP contribution is 2.43. The molecule has 0 aromatic heterocycles. The van der Waals surface area contributed by atoms with E-state index < -0.39 is 0 Å². The van der Waals surface area contributed by atoms with Gasteiger partial charge in [-0.15, -0.1) is 0 Å². The lowest BCUT2D eigenvalue weighted by Gasteiger charge is -2.11. The molecule has 0 amide bonds. The Morgan fingerprint density at radius 1 is 0.500 bits per heavy atom. The first-order valence-corrected chi connectivity index (χ1v) is 14.8. The average Bonchev–Trinajstić information content (AvgIpc) is 3.19. The quantitative estimate of drug-likeness (QED) is 0.167. The van der Waals surface area contributed by atoms with Crippen LogP contribution in [0.25, 0.3) is 16.9 Å². The number of unbranched alkanes of at least 4 members (excludes halogenated alkanes) is 7. The molecule has 2 aromatic carbocycles. The molecule has 0 spiro atoms. The SMILES string of the molecule is CCCCCCc1ccc(C2=C(CC)C(CCCC)=C(c3ccc(CCCCCC)cc3)[N+]2=[N-])cc1. The maximum Gasteiger partial charge on any atom is 0.211 e. The van der Waals surface area contributed by atoms with Gasteiger partial charge in [0.25, 0.3) is 0 Å². The molecule has 194 valence electrons. The van der Waals surface area contributed by atoms with Crippen molar-refractivity contribution in [3.05, 3.63) is 87.5 Å². The molecule has 0 aliphatic carbocycles. The fourth-order valence-electron chi connectivity index (χ4n) is 5.42. The van der Waals surface area contributed by atoms with E-state index in [1.54, 1.807) is 0 Å². The molecule has 0 N–H and O–H groups in total. The molecule has 36 heavy (non-hydrogen) atoms. The van der Waals surface area contributed by atoms with Crippen molar-refractivity contribution in [3.63, 3.8) is 0 Å². The highest BCUT2D eigenvalue weighted by atomic mass is 15.2. The molecular formula is C34H48N2. The molecule has 0 saturated carbocycles. The lowest BCUT2D eigenvalue weighted by molar-refractivity contribution is -0.345. The minimum Gasteiger partial charge on any atom is -0.493 e. The summed E-state index contributed by atoms with van der Waals surface area (Å²) in [6.07, 6.45) is 16.8. The van der Waals surface area contributed by atoms with E-state index in [1.807, 2.05) is 0 Å². The van der Waals surface area contributed by atoms with Crippen LogP contribution in [0.1, 0.15) is 127 Å². The van der Waals surface area contributed by atoms with E-state index >= 15 is 0 Å². The zero-order valence-corrected chi connectivity index (χ0v) is 23.4. The summed E-state index contributed by atoms with van der Waals surface area (Å²) in [6.45, 7) is 8.99. The Balaban J connectivity index is 1.84. The van der Waals surface area contributed by atoms with Crippen LogP contribution in [0.4, 0.5) is 0 Å². The minimum absolute atomic E-state index is 0.920. The lowest BCUT2D eigenvalue weighted by Crippen LogP contribution is -2.03. The van der Waals surface area contributed by atoms with Crippen molar-refractivity contribution >= 4 is 11.4 Å². The van der Waals surface area contributed by atoms with Crippen molar-refractivity contribution in [3.8, 4) is 0 Å². The molecule has 2 aromatic rings. The summed E-state index contributed by atoms with van der Waals surface area (Å²) in [5.74, 6) is 0. The zero-order chi connectivity index (χ0) is 25.8. The van der Waals surface area contributed by atoms with Crippen LogP contribution in [0.15, 0.2) is 59.7 Å². The summed E-state index contributed by atoms with van der Waals surface area (Å²) in [5.41, 5.74) is 21.2. The Labute approximate surface area is 221 Å². The minimum atomic E-state index is 0.920. The van der Waals surface area contributed by atoms with E-state index in [4.69, 9.17) is 0 Å². The van der Waals surface area contributed by atoms with E-state index in [9.17, 15) is 5.53 Å². The summed E-state index contributed by atoms with van der Waals surface area (Å²) in [4.78, 5) is 0. The number of aryl methyl sites for hydroxylation is 2. The highest BCUT2D eigenvalue weighted by molar-refractivity contribution is 5.82. The van der Waals surface area contributed by atoms with Crippen molar-refractivity contribution in [2.75, 3.05) is 0 Å². The van der Waals surface area contributed by atoms with E-state index in [2.05, 4.69) is 76.2 Å². The number of benzene rings is 2. The predicted octanol–water partition coefficient (Wildman–Crippen LogP) is 10.7. The Morgan fingerprint density at radius 3 is 1.36 bits per heavy atom. The maximum atomic E-state index is 11.6. The lowest BCUT2D eigenvalue weighted by atomic mass is 9.93. The molecule has 0 unspecified atom stereocenters. The van der Waals surface area contributed by atoms with Gasteiger partial charge in [0.15, 0.2) is 0 Å². The summed E-state index contributed by atoms with van der Waals surface area (Å²) < 4.78 is 1.50. The smallest absolute Gasteiger partial charge is 0.211 e. The first kappa shape index (κ1) is 28.1. The van der Waals surface area contributed by atoms with Crippen molar-refractivity contribution in [2.24, 2.45) is 0 Å². The van der Waals surface area contributed by atoms with Crippen molar-refractivity contribution in [1.29, 1.82) is 0 Å². The summed E-state index contributed by atoms with van der Waals surface area (Å²) >= 11 is 0. The van der Waals surface area contributed by atoms with Gasteiger partial charge in [-0.3, -0.25) is 0 Å². The topological polar surface area (TPSA) is 25.3 Å². The third-order valence-electron chi connectivity index (χ3n) is 7.59. The second-order valence-electron chi connectivity index (χ2n) is 10.4. The number of hydrogen-bond acceptors (Lipinski definition) is 0. The van der Waals surface area contributed by atoms with Gasteiger partial charge in [0.1, 0.15) is 0 Å². The van der Waals surface area contributed by atoms with Gasteiger partial charge < -0.3 is 5.53 Å². The molecule has 2 heteroatoms. The Morgan fingerprint density at radius 2 is 0.944 bits per heavy atom. The van der Waals surface area contributed by atoms with Gasteiger partial charge >= 0.3 is 0 Å². The molecule has 1 aliphatic rings. The van der Waals surface area contributed by atoms with Crippen molar-refractivity contribution in [2.45, 2.75) is 118 Å². The Hall–Kier alpha value is -2.48. The van der Waals surface area contributed by atoms with Crippen LogP contribution < -0.4 is 0 Å². The third kappa shape index (κ3) is 7.28. The average molecular weight is 485 g/mol. The molecule has 3 rings (SSSR count). The molecule has 0 saturated heterocycles. The van der Waals surface area contributed by atoms with E-state index in [1.165, 1.54) is 78.3 Å². The fraction of sp³-hybridized carbons (Fsp3) is 0.529. The first-order chi connectivity index (χ1) is 17.6. The largest absolute Gasteiger partial charge is 0.493 e. The number of nitrogens with zero attached hydrogens (tertiary/aromatic N) is 2. The molecule has 0 fully saturated rings. The van der Waals surface area contributed by atoms with Gasteiger partial charge in [0.2, 0.25) is 11.4 Å². The first-order valence-electron chi connectivity index (χ1n) is 14.8. The van der Waals surface area contributed by atoms with Crippen LogP contribution in [0, 0.1) is 0 Å². The van der Waals surface area contributed by atoms with Crippen LogP contribution in [0.3, 0.4) is 0 Å². The molecule has 2 nitrogen and oxygen atoms in total. The van der Waals surface area contributed by atoms with Gasteiger partial charge in [-0.05, 0) is 80.3 Å². The summed E-state index contributed by atoms with van der Waals surface area (Å²) in [6, 6.07) is 17.9. The molecular weight excluding hydrogens is 436 g/mol. The molecule has 0 atom stereocenters. The van der Waals surface area contributed by atoms with Crippen molar-refractivity contribution < 1.29 is 4.70 Å². The number of allylic oxidation sites excluding steroid dienone is 2. The molecule has 1 heterocycles. The molecule has 1 aliphatic heterocycles. The zero-order valence-electron chi connectivity index (χ0n) is 23.4. The van der Waals surface area contributed by atoms with Crippen molar-refractivity contribution in [1.82, 2.24) is 0 Å². The second kappa shape index (κ2) is 14.9. The van der Waals surface area contributed by atoms with Crippen LogP contribution in [-0.2, 0) is 12.8 Å². The normalized spacial score (nSPS) is 13.8. The van der Waals surface area contributed by atoms with Gasteiger partial charge in [-0.2, -0.15) is 0 Å². The van der Waals surface area contributed by atoms with E-state index in [0.717, 1.165) is 61.0 Å². The number of hydrogen-bond donors (Lipinski definition) is 0. The molecule has 0 radical (unpaired) electrons. The Bertz CT molecular complexity index is 1020. The number of rotatable bonds is 16. The summed E-state index contributed by atoms with van der Waals surface area (Å²) in [7, 11) is 0. The Kier molecular flexibility index (Phi) is 11.7. The van der Waals surface area contributed by atoms with Crippen LogP contribution in [-0.4, -0.2) is 4.70 Å². The van der Waals surface area contributed by atoms with Gasteiger partial charge in [0.05, 0.1) is 0 Å². The third-order valence-corrected chi connectivity index (χ3v) is 7.59. The van der Waals surface area contributed by atoms with Crippen LogP contribution >= 0.6 is 0 Å². The molecule has 0 bridgehead atoms. The van der Waals surface area contributed by atoms with E-state index in [-0.39, 0.29) is 0 Å². The predicted molar refractivity (Wildman–Crippen MR) is 156 cm³/mol. The standard InChI is InChI=1S/C34H48N2/c1-5-9-12-14-16-27-19-23-29(24-20-27)33-31(8-4)32(18-11-7-3)34(36(33)35)30-25-21-28(22-26-30)17-15-13-10-6-2/h19-26H,5-18H2,1-4H3. The monoisotopic (exact) mass is 484 g/mol.